The molecule has 2 N–H and O–H groups in total. The fourth-order valence-corrected chi connectivity index (χ4v) is 3.27. The molecule has 136 valence electrons. The topological polar surface area (TPSA) is 74.6 Å². The zero-order valence-corrected chi connectivity index (χ0v) is 14.1. The van der Waals surface area contributed by atoms with Gasteiger partial charge < -0.3 is 24.4 Å². The summed E-state index contributed by atoms with van der Waals surface area (Å²) in [5.74, 6) is 0. The molecule has 0 aromatic carbocycles. The van der Waals surface area contributed by atoms with Crippen LogP contribution in [0.4, 0.5) is 0 Å². The van der Waals surface area contributed by atoms with Crippen molar-refractivity contribution in [2.45, 2.75) is 24.9 Å². The first-order valence-corrected chi connectivity index (χ1v) is 8.78. The molecule has 2 fully saturated rings. The van der Waals surface area contributed by atoms with E-state index in [4.69, 9.17) is 14.2 Å². The number of hydrogen-bond donors (Lipinski definition) is 2. The molecule has 0 aliphatic carbocycles. The fraction of sp³-hybridized carbons (Fsp3) is 1.00. The van der Waals surface area contributed by atoms with Gasteiger partial charge in [0.1, 0.15) is 0 Å². The monoisotopic (exact) mass is 332 g/mol. The molecule has 2 saturated heterocycles. The first kappa shape index (κ1) is 19.1. The van der Waals surface area contributed by atoms with Crippen LogP contribution in [0, 0.1) is 0 Å². The van der Waals surface area contributed by atoms with Gasteiger partial charge in [-0.1, -0.05) is 0 Å². The maximum Gasteiger partial charge on any atom is 0.0623 e. The average molecular weight is 332 g/mol. The number of rotatable bonds is 10. The Morgan fingerprint density at radius 3 is 1.48 bits per heavy atom. The van der Waals surface area contributed by atoms with Crippen molar-refractivity contribution in [3.8, 4) is 0 Å². The summed E-state index contributed by atoms with van der Waals surface area (Å²) in [6.45, 7) is 8.20. The minimum atomic E-state index is 0.176. The van der Waals surface area contributed by atoms with Gasteiger partial charge in [0.25, 0.3) is 0 Å². The predicted molar refractivity (Wildman–Crippen MR) is 86.6 cm³/mol. The van der Waals surface area contributed by atoms with Crippen LogP contribution >= 0.6 is 0 Å². The maximum absolute atomic E-state index is 9.30. The third-order valence-corrected chi connectivity index (χ3v) is 4.67. The number of hydrogen-bond acceptors (Lipinski definition) is 7. The highest BCUT2D eigenvalue weighted by Crippen LogP contribution is 2.11. The van der Waals surface area contributed by atoms with Crippen molar-refractivity contribution in [1.82, 2.24) is 9.80 Å². The van der Waals surface area contributed by atoms with Gasteiger partial charge in [0, 0.05) is 51.5 Å². The van der Waals surface area contributed by atoms with E-state index in [0.29, 0.717) is 13.2 Å². The Bertz CT molecular complexity index is 268. The molecule has 23 heavy (non-hydrogen) atoms. The Labute approximate surface area is 139 Å². The molecule has 2 aliphatic rings. The van der Waals surface area contributed by atoms with E-state index in [-0.39, 0.29) is 25.3 Å². The van der Waals surface area contributed by atoms with E-state index in [1.807, 2.05) is 0 Å². The summed E-state index contributed by atoms with van der Waals surface area (Å²) >= 11 is 0. The standard InChI is InChI=1S/C16H32N2O5/c19-7-1-15(17-3-9-21-10-4-17)13-23-14-16(2-8-20)18-5-11-22-12-6-18/h15-16,19-20H,1-14H2. The molecule has 2 heterocycles. The van der Waals surface area contributed by atoms with Gasteiger partial charge in [0.2, 0.25) is 0 Å². The molecule has 0 aromatic rings. The van der Waals surface area contributed by atoms with E-state index < -0.39 is 0 Å². The third-order valence-electron chi connectivity index (χ3n) is 4.67. The summed E-state index contributed by atoms with van der Waals surface area (Å²) in [4.78, 5) is 4.69. The molecule has 7 nitrogen and oxygen atoms in total. The van der Waals surface area contributed by atoms with Crippen LogP contribution < -0.4 is 0 Å². The van der Waals surface area contributed by atoms with Crippen LogP contribution in [-0.4, -0.2) is 111 Å². The number of aliphatic hydroxyl groups is 2. The molecule has 0 radical (unpaired) electrons. The van der Waals surface area contributed by atoms with Crippen molar-refractivity contribution < 1.29 is 24.4 Å². The molecular formula is C16H32N2O5. The Kier molecular flexibility index (Phi) is 9.36. The quantitative estimate of drug-likeness (QED) is 0.541. The number of ether oxygens (including phenoxy) is 3. The second-order valence-electron chi connectivity index (χ2n) is 6.17. The zero-order chi connectivity index (χ0) is 16.3. The molecule has 0 aromatic heterocycles. The maximum atomic E-state index is 9.30. The van der Waals surface area contributed by atoms with Crippen LogP contribution in [0.5, 0.6) is 0 Å². The second-order valence-corrected chi connectivity index (χ2v) is 6.17. The van der Waals surface area contributed by atoms with Gasteiger partial charge in [-0.15, -0.1) is 0 Å². The third kappa shape index (κ3) is 6.62. The second kappa shape index (κ2) is 11.3. The first-order valence-electron chi connectivity index (χ1n) is 8.78. The molecule has 7 heteroatoms. The summed E-state index contributed by atoms with van der Waals surface area (Å²) in [6, 6.07) is 0.478. The Balaban J connectivity index is 1.75. The molecule has 2 unspecified atom stereocenters. The molecule has 0 saturated carbocycles. The fourth-order valence-electron chi connectivity index (χ4n) is 3.27. The summed E-state index contributed by atoms with van der Waals surface area (Å²) in [7, 11) is 0. The first-order chi connectivity index (χ1) is 11.3. The number of morpholine rings is 2. The van der Waals surface area contributed by atoms with E-state index >= 15 is 0 Å². The Morgan fingerprint density at radius 2 is 1.13 bits per heavy atom. The molecule has 2 rings (SSSR count). The minimum Gasteiger partial charge on any atom is -0.396 e. The lowest BCUT2D eigenvalue weighted by atomic mass is 10.1. The smallest absolute Gasteiger partial charge is 0.0623 e. The highest BCUT2D eigenvalue weighted by molar-refractivity contribution is 4.76. The highest BCUT2D eigenvalue weighted by atomic mass is 16.5. The number of nitrogens with zero attached hydrogens (tertiary/aromatic N) is 2. The molecule has 0 bridgehead atoms. The van der Waals surface area contributed by atoms with Crippen molar-refractivity contribution in [2.24, 2.45) is 0 Å². The minimum absolute atomic E-state index is 0.176. The molecule has 0 spiro atoms. The van der Waals surface area contributed by atoms with Gasteiger partial charge in [-0.25, -0.2) is 0 Å². The lowest BCUT2D eigenvalue weighted by Crippen LogP contribution is -2.48. The van der Waals surface area contributed by atoms with Crippen LogP contribution in [0.3, 0.4) is 0 Å². The van der Waals surface area contributed by atoms with E-state index in [0.717, 1.165) is 65.4 Å². The van der Waals surface area contributed by atoms with Gasteiger partial charge in [0.05, 0.1) is 39.6 Å². The van der Waals surface area contributed by atoms with Crippen LogP contribution in [0.2, 0.25) is 0 Å². The van der Waals surface area contributed by atoms with Crippen molar-refractivity contribution in [1.29, 1.82) is 0 Å². The number of aliphatic hydroxyl groups excluding tert-OH is 2. The van der Waals surface area contributed by atoms with Gasteiger partial charge in [0.15, 0.2) is 0 Å². The normalized spacial score (nSPS) is 23.7. The average Bonchev–Trinajstić information content (AvgIpc) is 2.61. The zero-order valence-electron chi connectivity index (χ0n) is 14.1. The van der Waals surface area contributed by atoms with Crippen molar-refractivity contribution in [2.75, 3.05) is 79.0 Å². The highest BCUT2D eigenvalue weighted by Gasteiger charge is 2.23. The van der Waals surface area contributed by atoms with Crippen LogP contribution in [-0.2, 0) is 14.2 Å². The lowest BCUT2D eigenvalue weighted by molar-refractivity contribution is -0.0418. The molecule has 2 atom stereocenters. The summed E-state index contributed by atoms with van der Waals surface area (Å²) < 4.78 is 16.8. The van der Waals surface area contributed by atoms with Crippen LogP contribution in [0.25, 0.3) is 0 Å². The Morgan fingerprint density at radius 1 is 0.739 bits per heavy atom. The van der Waals surface area contributed by atoms with Crippen molar-refractivity contribution in [3.63, 3.8) is 0 Å². The van der Waals surface area contributed by atoms with Crippen LogP contribution in [0.15, 0.2) is 0 Å². The van der Waals surface area contributed by atoms with Crippen LogP contribution in [0.1, 0.15) is 12.8 Å². The molecule has 0 amide bonds. The van der Waals surface area contributed by atoms with Gasteiger partial charge in [-0.3, -0.25) is 9.80 Å². The molecule has 2 aliphatic heterocycles. The van der Waals surface area contributed by atoms with E-state index in [9.17, 15) is 10.2 Å². The lowest BCUT2D eigenvalue weighted by Gasteiger charge is -2.36. The van der Waals surface area contributed by atoms with Gasteiger partial charge in [-0.2, -0.15) is 0 Å². The van der Waals surface area contributed by atoms with Crippen molar-refractivity contribution in [3.05, 3.63) is 0 Å². The van der Waals surface area contributed by atoms with E-state index in [1.54, 1.807) is 0 Å². The summed E-state index contributed by atoms with van der Waals surface area (Å²) in [6.07, 6.45) is 1.45. The Hall–Kier alpha value is -0.280. The largest absolute Gasteiger partial charge is 0.396 e. The molecular weight excluding hydrogens is 300 g/mol. The van der Waals surface area contributed by atoms with Gasteiger partial charge >= 0.3 is 0 Å². The summed E-state index contributed by atoms with van der Waals surface area (Å²) in [5, 5.41) is 18.6. The van der Waals surface area contributed by atoms with Gasteiger partial charge in [-0.05, 0) is 12.8 Å². The van der Waals surface area contributed by atoms with Crippen molar-refractivity contribution >= 4 is 0 Å². The predicted octanol–water partition coefficient (Wildman–Crippen LogP) is -0.831. The SMILES string of the molecule is OCCC(COCC(CCO)N1CCOCC1)N1CCOCC1. The van der Waals surface area contributed by atoms with E-state index in [1.165, 1.54) is 0 Å². The van der Waals surface area contributed by atoms with E-state index in [2.05, 4.69) is 9.80 Å². The summed E-state index contributed by atoms with van der Waals surface area (Å²) in [5.41, 5.74) is 0.